The largest absolute Gasteiger partial charge is 0.351 e. The quantitative estimate of drug-likeness (QED) is 0.728. The van der Waals surface area contributed by atoms with Crippen LogP contribution in [0.15, 0.2) is 4.99 Å². The van der Waals surface area contributed by atoms with Crippen molar-refractivity contribution in [3.63, 3.8) is 0 Å². The third-order valence-electron chi connectivity index (χ3n) is 3.43. The van der Waals surface area contributed by atoms with E-state index in [9.17, 15) is 14.4 Å². The van der Waals surface area contributed by atoms with Gasteiger partial charge in [0, 0.05) is 29.8 Å². The number of fused-ring (bicyclic) bond motifs is 1. The molecule has 1 saturated heterocycles. The molecule has 7 nitrogen and oxygen atoms in total. The number of amides is 3. The van der Waals surface area contributed by atoms with Crippen molar-refractivity contribution in [1.82, 2.24) is 14.7 Å². The third-order valence-corrected chi connectivity index (χ3v) is 3.43. The summed E-state index contributed by atoms with van der Waals surface area (Å²) in [4.78, 5) is 43.8. The molecule has 0 aliphatic carbocycles. The molecule has 0 aromatic carbocycles. The van der Waals surface area contributed by atoms with Crippen molar-refractivity contribution in [2.24, 2.45) is 4.99 Å². The third kappa shape index (κ3) is 2.52. The summed E-state index contributed by atoms with van der Waals surface area (Å²) in [5, 5.41) is 0. The molecule has 20 heavy (non-hydrogen) atoms. The number of hydrogen-bond donors (Lipinski definition) is 0. The van der Waals surface area contributed by atoms with E-state index < -0.39 is 36.3 Å². The minimum absolute atomic E-state index is 0.0270. The van der Waals surface area contributed by atoms with E-state index in [2.05, 4.69) is 4.99 Å². The van der Waals surface area contributed by atoms with Crippen molar-refractivity contribution in [1.29, 1.82) is 0 Å². The Morgan fingerprint density at radius 3 is 2.80 bits per heavy atom. The highest BCUT2D eigenvalue weighted by molar-refractivity contribution is 6.01. The van der Waals surface area contributed by atoms with Crippen LogP contribution in [-0.2, 0) is 9.59 Å². The number of amidine groups is 1. The van der Waals surface area contributed by atoms with Gasteiger partial charge in [-0.2, -0.15) is 0 Å². The zero-order chi connectivity index (χ0) is 17.5. The van der Waals surface area contributed by atoms with Crippen molar-refractivity contribution in [3.05, 3.63) is 0 Å². The van der Waals surface area contributed by atoms with Crippen molar-refractivity contribution in [3.8, 4) is 0 Å². The van der Waals surface area contributed by atoms with E-state index in [1.165, 1.54) is 23.8 Å². The molecule has 1 fully saturated rings. The SMILES string of the molecule is [2H]C1=NC2C(C(=O)N(CCCC([2H])([2H])C(C)=O)C(=O)N2C)N1C. The minimum Gasteiger partial charge on any atom is -0.351 e. The molecule has 0 saturated carbocycles. The molecule has 0 aromatic heterocycles. The van der Waals surface area contributed by atoms with Crippen LogP contribution in [0, 0.1) is 0 Å². The Balaban J connectivity index is 2.07. The van der Waals surface area contributed by atoms with Crippen molar-refractivity contribution < 1.29 is 18.5 Å². The second kappa shape index (κ2) is 5.60. The smallest absolute Gasteiger partial charge is 0.328 e. The summed E-state index contributed by atoms with van der Waals surface area (Å²) in [5.41, 5.74) is 0. The van der Waals surface area contributed by atoms with Crippen LogP contribution in [0.1, 0.15) is 30.3 Å². The van der Waals surface area contributed by atoms with Crippen LogP contribution in [-0.4, -0.2) is 71.6 Å². The molecule has 2 heterocycles. The van der Waals surface area contributed by atoms with Crippen LogP contribution < -0.4 is 0 Å². The summed E-state index contributed by atoms with van der Waals surface area (Å²) in [6.07, 6.45) is -2.59. The lowest BCUT2D eigenvalue weighted by molar-refractivity contribution is -0.137. The Kier molecular flexibility index (Phi) is 3.03. The number of ketones is 1. The highest BCUT2D eigenvalue weighted by Gasteiger charge is 2.48. The van der Waals surface area contributed by atoms with Crippen LogP contribution in [0.2, 0.25) is 0 Å². The number of imide groups is 1. The molecule has 0 spiro atoms. The van der Waals surface area contributed by atoms with Crippen LogP contribution in [0.3, 0.4) is 0 Å². The fourth-order valence-corrected chi connectivity index (χ4v) is 2.34. The number of urea groups is 1. The van der Waals surface area contributed by atoms with Gasteiger partial charge in [0.25, 0.3) is 5.91 Å². The first-order chi connectivity index (χ1) is 10.6. The topological polar surface area (TPSA) is 73.3 Å². The van der Waals surface area contributed by atoms with E-state index in [0.717, 1.165) is 4.90 Å². The summed E-state index contributed by atoms with van der Waals surface area (Å²) in [5.74, 6) is -1.02. The van der Waals surface area contributed by atoms with Crippen LogP contribution in [0.4, 0.5) is 4.79 Å². The van der Waals surface area contributed by atoms with E-state index >= 15 is 0 Å². The average Bonchev–Trinajstić information content (AvgIpc) is 2.76. The maximum absolute atomic E-state index is 12.5. The second-order valence-electron chi connectivity index (χ2n) is 4.92. The van der Waals surface area contributed by atoms with E-state index in [-0.39, 0.29) is 25.7 Å². The van der Waals surface area contributed by atoms with Gasteiger partial charge < -0.3 is 14.6 Å². The standard InChI is InChI=1S/C13H20N4O3/c1-9(18)6-4-5-7-17-12(19)10-11(14-8-15(10)2)16(3)13(17)20/h8,10-11H,4-7H2,1-3H3/i6D2,8D. The lowest BCUT2D eigenvalue weighted by Crippen LogP contribution is -2.64. The fraction of sp³-hybridized carbons (Fsp3) is 0.692. The number of rotatable bonds is 5. The number of likely N-dealkylation sites (N-methyl/N-ethyl adjacent to an activating group) is 2. The Hall–Kier alpha value is -1.92. The molecule has 2 atom stereocenters. The predicted octanol–water partition coefficient (Wildman–Crippen LogP) is 0.308. The first kappa shape index (κ1) is 10.8. The van der Waals surface area contributed by atoms with Crippen LogP contribution >= 0.6 is 0 Å². The van der Waals surface area contributed by atoms with E-state index in [1.807, 2.05) is 0 Å². The van der Waals surface area contributed by atoms with Gasteiger partial charge in [-0.15, -0.1) is 0 Å². The van der Waals surface area contributed by atoms with Gasteiger partial charge in [-0.3, -0.25) is 9.69 Å². The van der Waals surface area contributed by atoms with E-state index in [1.54, 1.807) is 7.05 Å². The predicted molar refractivity (Wildman–Crippen MR) is 73.2 cm³/mol. The van der Waals surface area contributed by atoms with Gasteiger partial charge in [0.2, 0.25) is 0 Å². The molecule has 0 aromatic rings. The first-order valence-corrected chi connectivity index (χ1v) is 6.44. The van der Waals surface area contributed by atoms with Gasteiger partial charge in [-0.25, -0.2) is 9.79 Å². The highest BCUT2D eigenvalue weighted by Crippen LogP contribution is 2.24. The number of aliphatic imine (C=N–C) groups is 1. The van der Waals surface area contributed by atoms with Crippen molar-refractivity contribution >= 4 is 24.0 Å². The minimum atomic E-state index is -1.96. The fourth-order valence-electron chi connectivity index (χ4n) is 2.34. The number of carbonyl (C=O) groups is 3. The number of carbonyl (C=O) groups excluding carboxylic acids is 3. The van der Waals surface area contributed by atoms with E-state index in [0.29, 0.717) is 0 Å². The maximum Gasteiger partial charge on any atom is 0.328 e. The molecule has 0 N–H and O–H groups in total. The molecule has 2 aliphatic heterocycles. The molecule has 3 amide bonds. The zero-order valence-corrected chi connectivity index (χ0v) is 11.8. The highest BCUT2D eigenvalue weighted by atomic mass is 16.2. The van der Waals surface area contributed by atoms with Gasteiger partial charge in [0.05, 0.1) is 6.31 Å². The zero-order valence-electron chi connectivity index (χ0n) is 14.8. The molecular weight excluding hydrogens is 260 g/mol. The molecule has 0 radical (unpaired) electrons. The van der Waals surface area contributed by atoms with Gasteiger partial charge in [-0.1, -0.05) is 0 Å². The van der Waals surface area contributed by atoms with E-state index in [4.69, 9.17) is 4.11 Å². The van der Waals surface area contributed by atoms with Crippen LogP contribution in [0.5, 0.6) is 0 Å². The lowest BCUT2D eigenvalue weighted by Gasteiger charge is -2.40. The molecule has 2 unspecified atom stereocenters. The number of hydrogen-bond acceptors (Lipinski definition) is 5. The van der Waals surface area contributed by atoms with Crippen molar-refractivity contribution in [2.45, 2.75) is 38.3 Å². The number of nitrogens with zero attached hydrogens (tertiary/aromatic N) is 4. The molecule has 110 valence electrons. The van der Waals surface area contributed by atoms with Crippen LogP contribution in [0.25, 0.3) is 0 Å². The summed E-state index contributed by atoms with van der Waals surface area (Å²) in [7, 11) is 3.09. The lowest BCUT2D eigenvalue weighted by atomic mass is 10.1. The van der Waals surface area contributed by atoms with Crippen molar-refractivity contribution in [2.75, 3.05) is 20.6 Å². The summed E-state index contributed by atoms with van der Waals surface area (Å²) in [6.45, 7) is 1.20. The second-order valence-corrected chi connectivity index (χ2v) is 4.92. The van der Waals surface area contributed by atoms with Gasteiger partial charge >= 0.3 is 6.03 Å². The summed E-state index contributed by atoms with van der Waals surface area (Å²) in [6, 6.07) is -1.25. The maximum atomic E-state index is 12.5. The summed E-state index contributed by atoms with van der Waals surface area (Å²) < 4.78 is 22.9. The number of Topliss-reactive ketones (excluding diaryl/α,β-unsaturated/α-hetero) is 1. The Bertz CT molecular complexity index is 581. The Morgan fingerprint density at radius 1 is 1.45 bits per heavy atom. The molecule has 2 rings (SSSR count). The molecule has 2 aliphatic rings. The molecule has 0 bridgehead atoms. The normalized spacial score (nSPS) is 28.9. The Labute approximate surface area is 122 Å². The monoisotopic (exact) mass is 283 g/mol. The Morgan fingerprint density at radius 2 is 2.15 bits per heavy atom. The molecular formula is C13H20N4O3. The van der Waals surface area contributed by atoms with Gasteiger partial charge in [0.15, 0.2) is 12.2 Å². The van der Waals surface area contributed by atoms with Gasteiger partial charge in [-0.05, 0) is 19.8 Å². The van der Waals surface area contributed by atoms with Gasteiger partial charge in [0.1, 0.15) is 7.15 Å². The first-order valence-electron chi connectivity index (χ1n) is 7.94. The summed E-state index contributed by atoms with van der Waals surface area (Å²) >= 11 is 0. The average molecular weight is 283 g/mol. The molecule has 7 heteroatoms.